The van der Waals surface area contributed by atoms with E-state index < -0.39 is 5.82 Å². The van der Waals surface area contributed by atoms with Crippen LogP contribution < -0.4 is 4.74 Å². The van der Waals surface area contributed by atoms with Crippen LogP contribution in [0.2, 0.25) is 0 Å². The molecule has 2 rings (SSSR count). The first kappa shape index (κ1) is 15.2. The fourth-order valence-corrected chi connectivity index (χ4v) is 2.84. The third-order valence-corrected chi connectivity index (χ3v) is 4.12. The van der Waals surface area contributed by atoms with Crippen molar-refractivity contribution in [2.75, 3.05) is 7.11 Å². The van der Waals surface area contributed by atoms with E-state index in [1.165, 1.54) is 19.2 Å². The Morgan fingerprint density at radius 1 is 1.10 bits per heavy atom. The maximum atomic E-state index is 13.5. The maximum Gasteiger partial charge on any atom is 0.197 e. The van der Waals surface area contributed by atoms with Gasteiger partial charge in [-0.1, -0.05) is 22.0 Å². The molecule has 0 radical (unpaired) electrons. The molecule has 0 aliphatic rings. The van der Waals surface area contributed by atoms with E-state index in [4.69, 9.17) is 4.74 Å². The van der Waals surface area contributed by atoms with Crippen molar-refractivity contribution in [2.45, 2.75) is 6.92 Å². The molecule has 0 N–H and O–H groups in total. The number of hydrogen-bond acceptors (Lipinski definition) is 2. The monoisotopic (exact) mass is 400 g/mol. The van der Waals surface area contributed by atoms with Gasteiger partial charge in [0.05, 0.1) is 17.1 Å². The van der Waals surface area contributed by atoms with Crippen molar-refractivity contribution in [3.05, 3.63) is 61.8 Å². The van der Waals surface area contributed by atoms with Crippen molar-refractivity contribution in [3.8, 4) is 5.75 Å². The molecule has 0 unspecified atom stereocenters. The normalized spacial score (nSPS) is 10.4. The second kappa shape index (κ2) is 6.06. The number of ketones is 1. The average molecular weight is 402 g/mol. The molecule has 0 spiro atoms. The van der Waals surface area contributed by atoms with Gasteiger partial charge in [-0.3, -0.25) is 4.79 Å². The first-order valence-electron chi connectivity index (χ1n) is 5.78. The maximum absolute atomic E-state index is 13.5. The Hall–Kier alpha value is -1.20. The lowest BCUT2D eigenvalue weighted by atomic mass is 10.0. The molecule has 0 aromatic heterocycles. The van der Waals surface area contributed by atoms with Gasteiger partial charge < -0.3 is 4.74 Å². The van der Waals surface area contributed by atoms with Gasteiger partial charge in [-0.15, -0.1) is 0 Å². The van der Waals surface area contributed by atoms with Gasteiger partial charge in [0.1, 0.15) is 11.6 Å². The Balaban J connectivity index is 2.55. The zero-order valence-electron chi connectivity index (χ0n) is 10.8. The van der Waals surface area contributed by atoms with Crippen LogP contribution in [0.1, 0.15) is 21.5 Å². The number of ether oxygens (including phenoxy) is 1. The van der Waals surface area contributed by atoms with E-state index in [0.717, 1.165) is 5.56 Å². The minimum absolute atomic E-state index is 0.211. The summed E-state index contributed by atoms with van der Waals surface area (Å²) in [6.45, 7) is 1.94. The third kappa shape index (κ3) is 2.94. The molecule has 0 aliphatic heterocycles. The minimum Gasteiger partial charge on any atom is -0.496 e. The van der Waals surface area contributed by atoms with Gasteiger partial charge in [0.25, 0.3) is 0 Å². The Morgan fingerprint density at radius 2 is 1.80 bits per heavy atom. The molecule has 0 amide bonds. The van der Waals surface area contributed by atoms with Gasteiger partial charge in [-0.25, -0.2) is 4.39 Å². The number of hydrogen-bond donors (Lipinski definition) is 0. The first-order valence-corrected chi connectivity index (χ1v) is 7.36. The first-order chi connectivity index (χ1) is 9.43. The van der Waals surface area contributed by atoms with E-state index in [2.05, 4.69) is 31.9 Å². The Bertz CT molecular complexity index is 684. The summed E-state index contributed by atoms with van der Waals surface area (Å²) in [5.41, 5.74) is 1.86. The van der Waals surface area contributed by atoms with Gasteiger partial charge in [-0.2, -0.15) is 0 Å². The number of rotatable bonds is 3. The smallest absolute Gasteiger partial charge is 0.197 e. The summed E-state index contributed by atoms with van der Waals surface area (Å²) in [4.78, 5) is 12.6. The lowest BCUT2D eigenvalue weighted by Crippen LogP contribution is -2.06. The lowest BCUT2D eigenvalue weighted by Gasteiger charge is -2.10. The van der Waals surface area contributed by atoms with Gasteiger partial charge in [0.15, 0.2) is 5.78 Å². The van der Waals surface area contributed by atoms with Crippen molar-refractivity contribution in [1.82, 2.24) is 0 Å². The summed E-state index contributed by atoms with van der Waals surface area (Å²) < 4.78 is 19.5. The third-order valence-electron chi connectivity index (χ3n) is 2.86. The molecule has 0 bridgehead atoms. The molecular formula is C15H11Br2FO2. The van der Waals surface area contributed by atoms with Crippen LogP contribution in [0.4, 0.5) is 4.39 Å². The molecule has 0 heterocycles. The fraction of sp³-hybridized carbons (Fsp3) is 0.133. The number of methoxy groups -OCH3 is 1. The summed E-state index contributed by atoms with van der Waals surface area (Å²) in [6, 6.07) is 8.07. The Kier molecular flexibility index (Phi) is 4.60. The molecule has 0 aliphatic carbocycles. The van der Waals surface area contributed by atoms with E-state index in [1.807, 2.05) is 19.1 Å². The largest absolute Gasteiger partial charge is 0.496 e. The number of aryl methyl sites for hydroxylation is 1. The second-order valence-corrected chi connectivity index (χ2v) is 5.99. The van der Waals surface area contributed by atoms with Crippen LogP contribution in [-0.2, 0) is 0 Å². The summed E-state index contributed by atoms with van der Waals surface area (Å²) in [7, 11) is 1.41. The lowest BCUT2D eigenvalue weighted by molar-refractivity contribution is 0.103. The predicted octanol–water partition coefficient (Wildman–Crippen LogP) is 4.90. The van der Waals surface area contributed by atoms with Crippen molar-refractivity contribution < 1.29 is 13.9 Å². The van der Waals surface area contributed by atoms with Crippen LogP contribution >= 0.6 is 31.9 Å². The standard InChI is InChI=1S/C15H11Br2FO2/c1-8-3-4-9(11(16)5-8)15(19)10-6-12(17)13(18)7-14(10)20-2/h3-7H,1-2H3. The number of halogens is 3. The SMILES string of the molecule is COc1cc(F)c(Br)cc1C(=O)c1ccc(C)cc1Br. The van der Waals surface area contributed by atoms with Crippen LogP contribution in [0.3, 0.4) is 0 Å². The Labute approximate surface area is 133 Å². The molecule has 5 heteroatoms. The molecule has 2 aromatic rings. The second-order valence-electron chi connectivity index (χ2n) is 4.28. The fourth-order valence-electron chi connectivity index (χ4n) is 1.82. The van der Waals surface area contributed by atoms with Gasteiger partial charge >= 0.3 is 0 Å². The van der Waals surface area contributed by atoms with E-state index in [1.54, 1.807) is 6.07 Å². The van der Waals surface area contributed by atoms with Crippen molar-refractivity contribution in [3.63, 3.8) is 0 Å². The molecule has 104 valence electrons. The average Bonchev–Trinajstić information content (AvgIpc) is 2.40. The van der Waals surface area contributed by atoms with Crippen LogP contribution in [0, 0.1) is 12.7 Å². The summed E-state index contributed by atoms with van der Waals surface area (Å²) in [6.07, 6.45) is 0. The topological polar surface area (TPSA) is 26.3 Å². The van der Waals surface area contributed by atoms with E-state index in [0.29, 0.717) is 15.6 Å². The highest BCUT2D eigenvalue weighted by Gasteiger charge is 2.19. The quantitative estimate of drug-likeness (QED) is 0.683. The highest BCUT2D eigenvalue weighted by molar-refractivity contribution is 9.10. The van der Waals surface area contributed by atoms with Crippen LogP contribution in [0.25, 0.3) is 0 Å². The number of benzene rings is 2. The van der Waals surface area contributed by atoms with Crippen molar-refractivity contribution >= 4 is 37.6 Å². The molecule has 0 atom stereocenters. The predicted molar refractivity (Wildman–Crippen MR) is 83.0 cm³/mol. The van der Waals surface area contributed by atoms with Crippen molar-refractivity contribution in [1.29, 1.82) is 0 Å². The van der Waals surface area contributed by atoms with Gasteiger partial charge in [0, 0.05) is 16.1 Å². The summed E-state index contributed by atoms with van der Waals surface area (Å²) >= 11 is 6.46. The Morgan fingerprint density at radius 3 is 2.40 bits per heavy atom. The summed E-state index contributed by atoms with van der Waals surface area (Å²) in [5, 5.41) is 0. The van der Waals surface area contributed by atoms with Crippen LogP contribution in [0.5, 0.6) is 5.75 Å². The zero-order chi connectivity index (χ0) is 14.9. The highest BCUT2D eigenvalue weighted by Crippen LogP contribution is 2.30. The molecule has 0 saturated heterocycles. The molecule has 0 fully saturated rings. The molecule has 2 aromatic carbocycles. The molecular weight excluding hydrogens is 391 g/mol. The van der Waals surface area contributed by atoms with E-state index in [-0.39, 0.29) is 16.0 Å². The number of carbonyl (C=O) groups is 1. The van der Waals surface area contributed by atoms with E-state index >= 15 is 0 Å². The zero-order valence-corrected chi connectivity index (χ0v) is 14.0. The van der Waals surface area contributed by atoms with Gasteiger partial charge in [-0.05, 0) is 46.6 Å². The van der Waals surface area contributed by atoms with E-state index in [9.17, 15) is 9.18 Å². The highest BCUT2D eigenvalue weighted by atomic mass is 79.9. The molecule has 2 nitrogen and oxygen atoms in total. The molecule has 0 saturated carbocycles. The van der Waals surface area contributed by atoms with Crippen molar-refractivity contribution in [2.24, 2.45) is 0 Å². The van der Waals surface area contributed by atoms with Crippen LogP contribution in [0.15, 0.2) is 39.3 Å². The van der Waals surface area contributed by atoms with Gasteiger partial charge in [0.2, 0.25) is 0 Å². The summed E-state index contributed by atoms with van der Waals surface area (Å²) in [5.74, 6) is -0.487. The van der Waals surface area contributed by atoms with Crippen LogP contribution in [-0.4, -0.2) is 12.9 Å². The number of carbonyl (C=O) groups excluding carboxylic acids is 1. The molecule has 20 heavy (non-hydrogen) atoms. The minimum atomic E-state index is -0.471.